The highest BCUT2D eigenvalue weighted by molar-refractivity contribution is 5.83. The van der Waals surface area contributed by atoms with Crippen LogP contribution in [0.4, 0.5) is 4.79 Å². The second kappa shape index (κ2) is 10.0. The lowest BCUT2D eigenvalue weighted by molar-refractivity contribution is -0.140. The van der Waals surface area contributed by atoms with E-state index in [9.17, 15) is 14.4 Å². The van der Waals surface area contributed by atoms with Crippen LogP contribution < -0.4 is 10.6 Å². The molecule has 0 spiro atoms. The van der Waals surface area contributed by atoms with Gasteiger partial charge in [0.1, 0.15) is 6.04 Å². The number of carbonyl (C=O) groups is 3. The van der Waals surface area contributed by atoms with Gasteiger partial charge in [-0.1, -0.05) is 13.3 Å². The Bertz CT molecular complexity index is 328. The smallest absolute Gasteiger partial charge is 0.326 e. The lowest BCUT2D eigenvalue weighted by atomic mass is 10.1. The summed E-state index contributed by atoms with van der Waals surface area (Å²) in [6, 6.07) is -2.08. The molecule has 0 saturated heterocycles. The van der Waals surface area contributed by atoms with E-state index in [0.717, 1.165) is 6.42 Å². The van der Waals surface area contributed by atoms with E-state index in [-0.39, 0.29) is 18.9 Å². The molecular formula is C12H22N2O6. The van der Waals surface area contributed by atoms with E-state index in [0.29, 0.717) is 13.0 Å². The van der Waals surface area contributed by atoms with Crippen LogP contribution in [-0.2, 0) is 14.3 Å². The van der Waals surface area contributed by atoms with Crippen molar-refractivity contribution in [3.63, 3.8) is 0 Å². The zero-order chi connectivity index (χ0) is 15.5. The summed E-state index contributed by atoms with van der Waals surface area (Å²) in [4.78, 5) is 33.0. The lowest BCUT2D eigenvalue weighted by Crippen LogP contribution is -2.50. The number of hydrogen-bond donors (Lipinski definition) is 4. The van der Waals surface area contributed by atoms with Crippen molar-refractivity contribution in [3.05, 3.63) is 0 Å². The van der Waals surface area contributed by atoms with Crippen molar-refractivity contribution in [1.29, 1.82) is 0 Å². The number of carboxylic acids is 2. The molecule has 0 radical (unpaired) electrons. The van der Waals surface area contributed by atoms with Crippen LogP contribution in [0.2, 0.25) is 0 Å². The summed E-state index contributed by atoms with van der Waals surface area (Å²) in [6.45, 7) is 2.28. The monoisotopic (exact) mass is 290 g/mol. The number of urea groups is 1. The zero-order valence-electron chi connectivity index (χ0n) is 11.7. The lowest BCUT2D eigenvalue weighted by Gasteiger charge is -2.20. The zero-order valence-corrected chi connectivity index (χ0v) is 11.7. The van der Waals surface area contributed by atoms with Crippen molar-refractivity contribution in [3.8, 4) is 0 Å². The van der Waals surface area contributed by atoms with E-state index in [1.165, 1.54) is 7.11 Å². The van der Waals surface area contributed by atoms with Crippen LogP contribution in [0.5, 0.6) is 0 Å². The molecule has 0 aromatic heterocycles. The third-order valence-corrected chi connectivity index (χ3v) is 2.59. The van der Waals surface area contributed by atoms with Gasteiger partial charge >= 0.3 is 18.0 Å². The first-order chi connectivity index (χ1) is 9.40. The number of rotatable bonds is 10. The highest BCUT2D eigenvalue weighted by atomic mass is 16.5. The molecule has 0 aliphatic heterocycles. The Morgan fingerprint density at radius 3 is 2.25 bits per heavy atom. The Labute approximate surface area is 117 Å². The molecule has 8 heteroatoms. The van der Waals surface area contributed by atoms with Gasteiger partial charge in [0.2, 0.25) is 0 Å². The normalized spacial score (nSPS) is 13.3. The molecule has 1 unspecified atom stereocenters. The van der Waals surface area contributed by atoms with Gasteiger partial charge in [-0.25, -0.2) is 9.59 Å². The van der Waals surface area contributed by atoms with Crippen LogP contribution in [-0.4, -0.2) is 54.0 Å². The predicted molar refractivity (Wildman–Crippen MR) is 70.5 cm³/mol. The summed E-state index contributed by atoms with van der Waals surface area (Å²) in [5.41, 5.74) is 0. The fourth-order valence-corrected chi connectivity index (χ4v) is 1.66. The molecule has 20 heavy (non-hydrogen) atoms. The number of carboxylic acid groups (broad SMARTS) is 2. The molecule has 0 rings (SSSR count). The second-order valence-electron chi connectivity index (χ2n) is 4.38. The van der Waals surface area contributed by atoms with Crippen molar-refractivity contribution in [2.75, 3.05) is 13.7 Å². The number of hydrogen-bond acceptors (Lipinski definition) is 4. The number of amides is 2. The predicted octanol–water partition coefficient (Wildman–Crippen LogP) is 0.419. The molecule has 0 saturated carbocycles. The van der Waals surface area contributed by atoms with Crippen LogP contribution in [0.15, 0.2) is 0 Å². The summed E-state index contributed by atoms with van der Waals surface area (Å²) < 4.78 is 4.95. The van der Waals surface area contributed by atoms with E-state index < -0.39 is 24.0 Å². The molecule has 4 N–H and O–H groups in total. The molecular weight excluding hydrogens is 268 g/mol. The van der Waals surface area contributed by atoms with Crippen molar-refractivity contribution in [2.24, 2.45) is 0 Å². The number of nitrogens with one attached hydrogen (secondary N) is 2. The minimum Gasteiger partial charge on any atom is -0.481 e. The van der Waals surface area contributed by atoms with Crippen LogP contribution >= 0.6 is 0 Å². The van der Waals surface area contributed by atoms with Gasteiger partial charge in [-0.15, -0.1) is 0 Å². The van der Waals surface area contributed by atoms with E-state index in [2.05, 4.69) is 10.6 Å². The summed E-state index contributed by atoms with van der Waals surface area (Å²) in [5.74, 6) is -2.37. The first kappa shape index (κ1) is 18.2. The van der Waals surface area contributed by atoms with Crippen molar-refractivity contribution in [2.45, 2.75) is 44.7 Å². The molecule has 0 aliphatic rings. The molecule has 2 atom stereocenters. The van der Waals surface area contributed by atoms with Crippen LogP contribution in [0, 0.1) is 0 Å². The Morgan fingerprint density at radius 2 is 1.80 bits per heavy atom. The maximum Gasteiger partial charge on any atom is 0.326 e. The van der Waals surface area contributed by atoms with Gasteiger partial charge in [0.25, 0.3) is 0 Å². The average molecular weight is 290 g/mol. The summed E-state index contributed by atoms with van der Waals surface area (Å²) >= 11 is 0. The minimum atomic E-state index is -1.26. The molecule has 116 valence electrons. The summed E-state index contributed by atoms with van der Waals surface area (Å²) in [6.07, 6.45) is 1.05. The summed E-state index contributed by atoms with van der Waals surface area (Å²) in [7, 11) is 1.51. The van der Waals surface area contributed by atoms with Gasteiger partial charge < -0.3 is 25.6 Å². The number of ether oxygens (including phenoxy) is 1. The van der Waals surface area contributed by atoms with E-state index in [4.69, 9.17) is 14.9 Å². The standard InChI is InChI=1S/C12H22N2O6/c1-3-4-8(7-20-2)13-12(19)14-9(11(17)18)5-6-10(15)16/h8-9H,3-7H2,1-2H3,(H,15,16)(H,17,18)(H2,13,14,19)/t8?,9-/m0/s1. The number of aliphatic carboxylic acids is 2. The molecule has 0 fully saturated rings. The molecule has 8 nitrogen and oxygen atoms in total. The highest BCUT2D eigenvalue weighted by Crippen LogP contribution is 2.00. The Hall–Kier alpha value is -1.83. The van der Waals surface area contributed by atoms with E-state index in [1.807, 2.05) is 6.92 Å². The number of carbonyl (C=O) groups excluding carboxylic acids is 1. The first-order valence-corrected chi connectivity index (χ1v) is 6.41. The quantitative estimate of drug-likeness (QED) is 0.462. The van der Waals surface area contributed by atoms with Gasteiger partial charge in [-0.05, 0) is 12.8 Å². The van der Waals surface area contributed by atoms with Gasteiger partial charge in [-0.2, -0.15) is 0 Å². The minimum absolute atomic E-state index is 0.166. The molecule has 0 heterocycles. The molecule has 2 amide bonds. The van der Waals surface area contributed by atoms with Crippen LogP contribution in [0.25, 0.3) is 0 Å². The Morgan fingerprint density at radius 1 is 1.15 bits per heavy atom. The summed E-state index contributed by atoms with van der Waals surface area (Å²) in [5, 5.41) is 22.3. The van der Waals surface area contributed by atoms with Crippen molar-refractivity contribution in [1.82, 2.24) is 10.6 Å². The van der Waals surface area contributed by atoms with Crippen molar-refractivity contribution >= 4 is 18.0 Å². The fourth-order valence-electron chi connectivity index (χ4n) is 1.66. The van der Waals surface area contributed by atoms with Gasteiger partial charge in [0.05, 0.1) is 12.6 Å². The second-order valence-corrected chi connectivity index (χ2v) is 4.38. The van der Waals surface area contributed by atoms with Crippen LogP contribution in [0.3, 0.4) is 0 Å². The van der Waals surface area contributed by atoms with Gasteiger partial charge in [0, 0.05) is 13.5 Å². The highest BCUT2D eigenvalue weighted by Gasteiger charge is 2.22. The number of methoxy groups -OCH3 is 1. The maximum absolute atomic E-state index is 11.7. The van der Waals surface area contributed by atoms with E-state index >= 15 is 0 Å². The Kier molecular flexibility index (Phi) is 9.10. The van der Waals surface area contributed by atoms with Gasteiger partial charge in [-0.3, -0.25) is 4.79 Å². The Balaban J connectivity index is 4.35. The molecule has 0 aromatic carbocycles. The molecule has 0 aliphatic carbocycles. The third-order valence-electron chi connectivity index (χ3n) is 2.59. The van der Waals surface area contributed by atoms with E-state index in [1.54, 1.807) is 0 Å². The third kappa shape index (κ3) is 8.30. The van der Waals surface area contributed by atoms with Gasteiger partial charge in [0.15, 0.2) is 0 Å². The first-order valence-electron chi connectivity index (χ1n) is 6.41. The SMILES string of the molecule is CCCC(COC)NC(=O)N[C@@H](CCC(=O)O)C(=O)O. The van der Waals surface area contributed by atoms with Crippen molar-refractivity contribution < 1.29 is 29.3 Å². The molecule has 0 bridgehead atoms. The fraction of sp³-hybridized carbons (Fsp3) is 0.750. The maximum atomic E-state index is 11.7. The topological polar surface area (TPSA) is 125 Å². The molecule has 0 aromatic rings. The van der Waals surface area contributed by atoms with Crippen LogP contribution in [0.1, 0.15) is 32.6 Å². The largest absolute Gasteiger partial charge is 0.481 e. The average Bonchev–Trinajstić information content (AvgIpc) is 2.34.